The van der Waals surface area contributed by atoms with Crippen LogP contribution in [0, 0.1) is 11.2 Å². The molecule has 0 radical (unpaired) electrons. The van der Waals surface area contributed by atoms with Crippen LogP contribution in [0.5, 0.6) is 5.75 Å². The molecule has 1 unspecified atom stereocenters. The molecule has 0 spiro atoms. The van der Waals surface area contributed by atoms with Crippen LogP contribution in [0.25, 0.3) is 0 Å². The van der Waals surface area contributed by atoms with Crippen LogP contribution in [-0.4, -0.2) is 12.6 Å². The van der Waals surface area contributed by atoms with Crippen molar-refractivity contribution in [3.05, 3.63) is 29.6 Å². The van der Waals surface area contributed by atoms with Crippen molar-refractivity contribution in [1.29, 1.82) is 0 Å². The van der Waals surface area contributed by atoms with Crippen molar-refractivity contribution in [2.75, 3.05) is 7.11 Å². The topological polar surface area (TPSA) is 35.2 Å². The molecular weight excluding hydrogens is 229 g/mol. The van der Waals surface area contributed by atoms with Crippen LogP contribution < -0.4 is 10.5 Å². The van der Waals surface area contributed by atoms with Crippen molar-refractivity contribution in [3.8, 4) is 5.75 Å². The Labute approximate surface area is 108 Å². The summed E-state index contributed by atoms with van der Waals surface area (Å²) in [5.74, 6) is -0.0209. The number of hydrogen-bond acceptors (Lipinski definition) is 2. The maximum absolute atomic E-state index is 13.6. The van der Waals surface area contributed by atoms with Crippen LogP contribution in [0.1, 0.15) is 38.7 Å². The summed E-state index contributed by atoms with van der Waals surface area (Å²) in [5, 5.41) is 0. The summed E-state index contributed by atoms with van der Waals surface area (Å²) >= 11 is 0. The van der Waals surface area contributed by atoms with E-state index in [9.17, 15) is 4.39 Å². The molecule has 0 bridgehead atoms. The second kappa shape index (κ2) is 4.54. The van der Waals surface area contributed by atoms with Crippen LogP contribution in [0.15, 0.2) is 18.2 Å². The zero-order valence-electron chi connectivity index (χ0n) is 11.4. The van der Waals surface area contributed by atoms with Gasteiger partial charge in [-0.1, -0.05) is 19.9 Å². The number of ether oxygens (including phenoxy) is 1. The number of halogens is 1. The van der Waals surface area contributed by atoms with Gasteiger partial charge in [0.15, 0.2) is 11.6 Å². The maximum atomic E-state index is 13.6. The van der Waals surface area contributed by atoms with E-state index in [4.69, 9.17) is 10.5 Å². The van der Waals surface area contributed by atoms with Gasteiger partial charge < -0.3 is 10.5 Å². The molecule has 0 saturated heterocycles. The summed E-state index contributed by atoms with van der Waals surface area (Å²) < 4.78 is 18.6. The molecule has 1 saturated carbocycles. The van der Waals surface area contributed by atoms with Gasteiger partial charge in [0, 0.05) is 5.54 Å². The van der Waals surface area contributed by atoms with Crippen molar-refractivity contribution in [2.45, 2.75) is 45.1 Å². The Kier molecular flexibility index (Phi) is 3.37. The molecule has 0 heterocycles. The molecule has 100 valence electrons. The molecule has 1 aromatic rings. The molecule has 1 atom stereocenters. The molecule has 2 rings (SSSR count). The molecule has 1 aliphatic carbocycles. The second-order valence-corrected chi connectivity index (χ2v) is 6.35. The van der Waals surface area contributed by atoms with Gasteiger partial charge in [-0.2, -0.15) is 0 Å². The number of hydrogen-bond donors (Lipinski definition) is 1. The van der Waals surface area contributed by atoms with Gasteiger partial charge in [0.2, 0.25) is 0 Å². The van der Waals surface area contributed by atoms with Gasteiger partial charge in [-0.3, -0.25) is 0 Å². The molecule has 2 nitrogen and oxygen atoms in total. The lowest BCUT2D eigenvalue weighted by Crippen LogP contribution is -2.40. The van der Waals surface area contributed by atoms with Crippen LogP contribution in [-0.2, 0) is 6.42 Å². The van der Waals surface area contributed by atoms with Crippen molar-refractivity contribution < 1.29 is 9.13 Å². The minimum absolute atomic E-state index is 0.190. The molecule has 0 aliphatic heterocycles. The fourth-order valence-corrected chi connectivity index (χ4v) is 3.09. The van der Waals surface area contributed by atoms with Crippen molar-refractivity contribution in [1.82, 2.24) is 0 Å². The second-order valence-electron chi connectivity index (χ2n) is 6.35. The quantitative estimate of drug-likeness (QED) is 0.894. The van der Waals surface area contributed by atoms with Gasteiger partial charge in [0.05, 0.1) is 7.11 Å². The molecule has 3 heteroatoms. The summed E-state index contributed by atoms with van der Waals surface area (Å²) in [4.78, 5) is 0. The van der Waals surface area contributed by atoms with Gasteiger partial charge >= 0.3 is 0 Å². The zero-order valence-corrected chi connectivity index (χ0v) is 11.4. The van der Waals surface area contributed by atoms with Gasteiger partial charge in [-0.15, -0.1) is 0 Å². The Morgan fingerprint density at radius 1 is 1.33 bits per heavy atom. The van der Waals surface area contributed by atoms with E-state index in [2.05, 4.69) is 13.8 Å². The molecule has 0 amide bonds. The standard InChI is InChI=1S/C15H22FNO/c1-14(2)6-7-15(17,10-14)9-11-4-5-13(18-3)12(16)8-11/h4-5,8H,6-7,9-10,17H2,1-3H3. The highest BCUT2D eigenvalue weighted by molar-refractivity contribution is 5.30. The smallest absolute Gasteiger partial charge is 0.165 e. The predicted molar refractivity (Wildman–Crippen MR) is 71.2 cm³/mol. The summed E-state index contributed by atoms with van der Waals surface area (Å²) in [5.41, 5.74) is 7.50. The normalized spacial score (nSPS) is 26.3. The molecular formula is C15H22FNO. The molecule has 0 aromatic heterocycles. The number of benzene rings is 1. The molecule has 18 heavy (non-hydrogen) atoms. The lowest BCUT2D eigenvalue weighted by Gasteiger charge is -2.26. The summed E-state index contributed by atoms with van der Waals surface area (Å²) in [6, 6.07) is 5.12. The largest absolute Gasteiger partial charge is 0.494 e. The van der Waals surface area contributed by atoms with E-state index < -0.39 is 0 Å². The number of rotatable bonds is 3. The van der Waals surface area contributed by atoms with E-state index in [0.717, 1.165) is 31.2 Å². The maximum Gasteiger partial charge on any atom is 0.165 e. The van der Waals surface area contributed by atoms with Crippen molar-refractivity contribution in [3.63, 3.8) is 0 Å². The Morgan fingerprint density at radius 3 is 2.56 bits per heavy atom. The third-order valence-corrected chi connectivity index (χ3v) is 3.90. The lowest BCUT2D eigenvalue weighted by atomic mass is 9.85. The van der Waals surface area contributed by atoms with E-state index in [1.807, 2.05) is 6.07 Å². The minimum atomic E-state index is -0.309. The minimum Gasteiger partial charge on any atom is -0.494 e. The SMILES string of the molecule is COc1ccc(CC2(N)CCC(C)(C)C2)cc1F. The predicted octanol–water partition coefficient (Wildman–Crippen LogP) is 3.28. The lowest BCUT2D eigenvalue weighted by molar-refractivity contribution is 0.334. The third kappa shape index (κ3) is 2.83. The van der Waals surface area contributed by atoms with Gasteiger partial charge in [-0.25, -0.2) is 4.39 Å². The fourth-order valence-electron chi connectivity index (χ4n) is 3.09. The highest BCUT2D eigenvalue weighted by atomic mass is 19.1. The Bertz CT molecular complexity index is 444. The first-order valence-corrected chi connectivity index (χ1v) is 6.45. The van der Waals surface area contributed by atoms with Gasteiger partial charge in [-0.05, 0) is 48.8 Å². The Hall–Kier alpha value is -1.09. The van der Waals surface area contributed by atoms with Crippen LogP contribution in [0.3, 0.4) is 0 Å². The fraction of sp³-hybridized carbons (Fsp3) is 0.600. The summed E-state index contributed by atoms with van der Waals surface area (Å²) in [6.07, 6.45) is 3.88. The monoisotopic (exact) mass is 251 g/mol. The highest BCUT2D eigenvalue weighted by Crippen LogP contribution is 2.43. The first-order chi connectivity index (χ1) is 8.34. The van der Waals surface area contributed by atoms with Gasteiger partial charge in [0.1, 0.15) is 0 Å². The van der Waals surface area contributed by atoms with Crippen LogP contribution in [0.4, 0.5) is 4.39 Å². The molecule has 2 N–H and O–H groups in total. The van der Waals surface area contributed by atoms with Crippen molar-refractivity contribution >= 4 is 0 Å². The highest BCUT2D eigenvalue weighted by Gasteiger charge is 2.40. The Balaban J connectivity index is 2.12. The average molecular weight is 251 g/mol. The van der Waals surface area contributed by atoms with E-state index in [-0.39, 0.29) is 17.1 Å². The molecule has 1 aromatic carbocycles. The first kappa shape index (κ1) is 13.3. The number of methoxy groups -OCH3 is 1. The molecule has 1 aliphatic rings. The average Bonchev–Trinajstić information content (AvgIpc) is 2.53. The van der Waals surface area contributed by atoms with E-state index in [1.54, 1.807) is 12.1 Å². The van der Waals surface area contributed by atoms with E-state index in [1.165, 1.54) is 7.11 Å². The summed E-state index contributed by atoms with van der Waals surface area (Å²) in [7, 11) is 1.47. The third-order valence-electron chi connectivity index (χ3n) is 3.90. The van der Waals surface area contributed by atoms with E-state index >= 15 is 0 Å². The summed E-state index contributed by atoms with van der Waals surface area (Å²) in [6.45, 7) is 4.49. The van der Waals surface area contributed by atoms with Crippen LogP contribution in [0.2, 0.25) is 0 Å². The van der Waals surface area contributed by atoms with Crippen molar-refractivity contribution in [2.24, 2.45) is 11.1 Å². The van der Waals surface area contributed by atoms with Crippen LogP contribution >= 0.6 is 0 Å². The van der Waals surface area contributed by atoms with E-state index in [0.29, 0.717) is 5.41 Å². The number of nitrogens with two attached hydrogens (primary N) is 1. The van der Waals surface area contributed by atoms with Gasteiger partial charge in [0.25, 0.3) is 0 Å². The molecule has 1 fully saturated rings. The Morgan fingerprint density at radius 2 is 2.06 bits per heavy atom. The first-order valence-electron chi connectivity index (χ1n) is 6.45. The zero-order chi connectivity index (χ0) is 13.4.